The van der Waals surface area contributed by atoms with Crippen molar-refractivity contribution in [3.05, 3.63) is 65.7 Å². The third-order valence-electron chi connectivity index (χ3n) is 5.22. The molecule has 31 heavy (non-hydrogen) atoms. The predicted octanol–water partition coefficient (Wildman–Crippen LogP) is 1.22. The maximum absolute atomic E-state index is 13.3. The summed E-state index contributed by atoms with van der Waals surface area (Å²) in [6, 6.07) is 14.2. The SMILES string of the molecule is CC(=O)N1CCN(C(=O)[C@@H](NC(=O)c2ccc(C)cc2)S(=O)(=O)c2ccccc2)CC1. The Bertz CT molecular complexity index is 1060. The summed E-state index contributed by atoms with van der Waals surface area (Å²) in [6.07, 6.45) is 0. The van der Waals surface area contributed by atoms with Gasteiger partial charge in [0.15, 0.2) is 0 Å². The molecule has 8 nitrogen and oxygen atoms in total. The van der Waals surface area contributed by atoms with Crippen LogP contribution in [0.2, 0.25) is 0 Å². The van der Waals surface area contributed by atoms with Gasteiger partial charge >= 0.3 is 0 Å². The number of rotatable bonds is 5. The van der Waals surface area contributed by atoms with E-state index in [9.17, 15) is 22.8 Å². The molecule has 9 heteroatoms. The Morgan fingerprint density at radius 1 is 0.871 bits per heavy atom. The molecule has 3 rings (SSSR count). The molecular formula is C22H25N3O5S. The number of nitrogens with one attached hydrogen (secondary N) is 1. The van der Waals surface area contributed by atoms with Crippen molar-refractivity contribution in [2.45, 2.75) is 24.1 Å². The van der Waals surface area contributed by atoms with E-state index in [1.54, 1.807) is 47.4 Å². The van der Waals surface area contributed by atoms with Crippen molar-refractivity contribution in [1.82, 2.24) is 15.1 Å². The van der Waals surface area contributed by atoms with Crippen LogP contribution < -0.4 is 5.32 Å². The van der Waals surface area contributed by atoms with E-state index in [0.29, 0.717) is 13.1 Å². The zero-order valence-electron chi connectivity index (χ0n) is 17.4. The van der Waals surface area contributed by atoms with Crippen LogP contribution in [0.25, 0.3) is 0 Å². The van der Waals surface area contributed by atoms with Crippen LogP contribution in [0.5, 0.6) is 0 Å². The number of amides is 3. The molecule has 1 aliphatic rings. The second-order valence-electron chi connectivity index (χ2n) is 7.41. The zero-order chi connectivity index (χ0) is 22.6. The normalized spacial score (nSPS) is 15.3. The Balaban J connectivity index is 1.89. The quantitative estimate of drug-likeness (QED) is 0.748. The second-order valence-corrected chi connectivity index (χ2v) is 9.44. The van der Waals surface area contributed by atoms with Gasteiger partial charge in [0.25, 0.3) is 11.8 Å². The molecule has 1 aliphatic heterocycles. The first-order valence-corrected chi connectivity index (χ1v) is 11.5. The van der Waals surface area contributed by atoms with Crippen LogP contribution >= 0.6 is 0 Å². The first-order chi connectivity index (χ1) is 14.7. The molecule has 0 aromatic heterocycles. The highest BCUT2D eigenvalue weighted by Crippen LogP contribution is 2.18. The van der Waals surface area contributed by atoms with Gasteiger partial charge in [-0.1, -0.05) is 35.9 Å². The van der Waals surface area contributed by atoms with E-state index in [1.807, 2.05) is 6.92 Å². The standard InChI is InChI=1S/C22H25N3O5S/c1-16-8-10-18(11-9-16)20(27)23-21(31(29,30)19-6-4-3-5-7-19)22(28)25-14-12-24(13-15-25)17(2)26/h3-11,21H,12-15H2,1-2H3,(H,23,27)/t21-/m0/s1. The van der Waals surface area contributed by atoms with E-state index >= 15 is 0 Å². The number of benzene rings is 2. The highest BCUT2D eigenvalue weighted by molar-refractivity contribution is 7.92. The van der Waals surface area contributed by atoms with Gasteiger partial charge in [-0.15, -0.1) is 0 Å². The van der Waals surface area contributed by atoms with Gasteiger partial charge in [0.2, 0.25) is 21.1 Å². The summed E-state index contributed by atoms with van der Waals surface area (Å²) < 4.78 is 26.6. The van der Waals surface area contributed by atoms with E-state index in [1.165, 1.54) is 24.0 Å². The van der Waals surface area contributed by atoms with Crippen LogP contribution in [0, 0.1) is 6.92 Å². The number of carbonyl (C=O) groups is 3. The molecular weight excluding hydrogens is 418 g/mol. The Kier molecular flexibility index (Phi) is 6.74. The Hall–Kier alpha value is -3.20. The van der Waals surface area contributed by atoms with Gasteiger partial charge < -0.3 is 15.1 Å². The monoisotopic (exact) mass is 443 g/mol. The minimum absolute atomic E-state index is 0.0556. The number of hydrogen-bond donors (Lipinski definition) is 1. The molecule has 0 radical (unpaired) electrons. The summed E-state index contributed by atoms with van der Waals surface area (Å²) in [6.45, 7) is 4.33. The topological polar surface area (TPSA) is 104 Å². The second kappa shape index (κ2) is 9.30. The number of aryl methyl sites for hydroxylation is 1. The maximum Gasteiger partial charge on any atom is 0.261 e. The number of carbonyl (C=O) groups excluding carboxylic acids is 3. The van der Waals surface area contributed by atoms with Gasteiger partial charge in [-0.05, 0) is 31.2 Å². The lowest BCUT2D eigenvalue weighted by Crippen LogP contribution is -2.57. The van der Waals surface area contributed by atoms with Gasteiger partial charge in [-0.3, -0.25) is 14.4 Å². The first kappa shape index (κ1) is 22.5. The van der Waals surface area contributed by atoms with E-state index in [2.05, 4.69) is 5.32 Å². The van der Waals surface area contributed by atoms with Crippen molar-refractivity contribution in [3.63, 3.8) is 0 Å². The van der Waals surface area contributed by atoms with Crippen LogP contribution in [-0.4, -0.2) is 67.5 Å². The molecule has 0 aliphatic carbocycles. The summed E-state index contributed by atoms with van der Waals surface area (Å²) in [5.74, 6) is -1.47. The largest absolute Gasteiger partial charge is 0.339 e. The highest BCUT2D eigenvalue weighted by Gasteiger charge is 2.39. The number of piperazine rings is 1. The molecule has 2 aromatic carbocycles. The summed E-state index contributed by atoms with van der Waals surface area (Å²) in [4.78, 5) is 40.5. The van der Waals surface area contributed by atoms with E-state index in [0.717, 1.165) is 5.56 Å². The van der Waals surface area contributed by atoms with Crippen molar-refractivity contribution < 1.29 is 22.8 Å². The molecule has 1 fully saturated rings. The number of sulfone groups is 1. The van der Waals surface area contributed by atoms with Gasteiger partial charge in [0, 0.05) is 38.7 Å². The molecule has 1 saturated heterocycles. The van der Waals surface area contributed by atoms with E-state index in [4.69, 9.17) is 0 Å². The van der Waals surface area contributed by atoms with Gasteiger partial charge in [-0.25, -0.2) is 8.42 Å². The predicted molar refractivity (Wildman–Crippen MR) is 115 cm³/mol. The molecule has 0 saturated carbocycles. The summed E-state index contributed by atoms with van der Waals surface area (Å²) in [5.41, 5.74) is 1.21. The first-order valence-electron chi connectivity index (χ1n) is 9.91. The van der Waals surface area contributed by atoms with Crippen LogP contribution in [0.3, 0.4) is 0 Å². The maximum atomic E-state index is 13.3. The van der Waals surface area contributed by atoms with Crippen LogP contribution in [0.4, 0.5) is 0 Å². The van der Waals surface area contributed by atoms with Gasteiger partial charge in [0.1, 0.15) is 0 Å². The lowest BCUT2D eigenvalue weighted by molar-refractivity contribution is -0.138. The molecule has 3 amide bonds. The number of hydrogen-bond acceptors (Lipinski definition) is 5. The van der Waals surface area contributed by atoms with Crippen LogP contribution in [0.1, 0.15) is 22.8 Å². The van der Waals surface area contributed by atoms with E-state index in [-0.39, 0.29) is 29.5 Å². The van der Waals surface area contributed by atoms with Crippen molar-refractivity contribution >= 4 is 27.6 Å². The molecule has 0 unspecified atom stereocenters. The fourth-order valence-corrected chi connectivity index (χ4v) is 4.82. The fourth-order valence-electron chi connectivity index (χ4n) is 3.33. The van der Waals surface area contributed by atoms with E-state index < -0.39 is 27.0 Å². The average Bonchev–Trinajstić information content (AvgIpc) is 2.78. The molecule has 2 aromatic rings. The highest BCUT2D eigenvalue weighted by atomic mass is 32.2. The molecule has 1 atom stereocenters. The molecule has 164 valence electrons. The average molecular weight is 444 g/mol. The summed E-state index contributed by atoms with van der Waals surface area (Å²) in [7, 11) is -4.19. The number of nitrogens with zero attached hydrogens (tertiary/aromatic N) is 2. The molecule has 0 bridgehead atoms. The van der Waals surface area contributed by atoms with Crippen molar-refractivity contribution in [1.29, 1.82) is 0 Å². The minimum Gasteiger partial charge on any atom is -0.339 e. The Morgan fingerprint density at radius 3 is 1.97 bits per heavy atom. The van der Waals surface area contributed by atoms with Crippen molar-refractivity contribution in [2.24, 2.45) is 0 Å². The van der Waals surface area contributed by atoms with Crippen LogP contribution in [0.15, 0.2) is 59.5 Å². The third kappa shape index (κ3) is 5.11. The fraction of sp³-hybridized carbons (Fsp3) is 0.318. The molecule has 1 heterocycles. The molecule has 0 spiro atoms. The molecule has 1 N–H and O–H groups in total. The summed E-state index contributed by atoms with van der Waals surface area (Å²) in [5, 5.41) is 0.653. The zero-order valence-corrected chi connectivity index (χ0v) is 18.3. The lowest BCUT2D eigenvalue weighted by atomic mass is 10.1. The lowest BCUT2D eigenvalue weighted by Gasteiger charge is -2.36. The third-order valence-corrected chi connectivity index (χ3v) is 7.09. The minimum atomic E-state index is -4.19. The van der Waals surface area contributed by atoms with Gasteiger partial charge in [0.05, 0.1) is 4.90 Å². The van der Waals surface area contributed by atoms with Crippen molar-refractivity contribution in [3.8, 4) is 0 Å². The smallest absolute Gasteiger partial charge is 0.261 e. The van der Waals surface area contributed by atoms with Gasteiger partial charge in [-0.2, -0.15) is 0 Å². The Morgan fingerprint density at radius 2 is 1.42 bits per heavy atom. The van der Waals surface area contributed by atoms with Crippen LogP contribution in [-0.2, 0) is 19.4 Å². The Labute approximate surface area is 181 Å². The summed E-state index contributed by atoms with van der Waals surface area (Å²) >= 11 is 0. The van der Waals surface area contributed by atoms with Crippen molar-refractivity contribution in [2.75, 3.05) is 26.2 Å².